The number of carbonyl (C=O) groups is 2. The molecule has 2 aliphatic rings. The van der Waals surface area contributed by atoms with Crippen molar-refractivity contribution in [1.82, 2.24) is 15.1 Å². The van der Waals surface area contributed by atoms with Crippen molar-refractivity contribution in [1.29, 1.82) is 0 Å². The molecule has 1 saturated carbocycles. The van der Waals surface area contributed by atoms with Gasteiger partial charge in [-0.15, -0.1) is 0 Å². The van der Waals surface area contributed by atoms with Gasteiger partial charge >= 0.3 is 0 Å². The number of rotatable bonds is 10. The van der Waals surface area contributed by atoms with Crippen molar-refractivity contribution in [3.8, 4) is 5.75 Å². The molecule has 1 aliphatic heterocycles. The first kappa shape index (κ1) is 29.1. The molecular formula is C31H44N4O4. The molecule has 2 aromatic carbocycles. The second-order valence-electron chi connectivity index (χ2n) is 11.0. The number of likely N-dealkylation sites (tertiary alicyclic amines) is 1. The van der Waals surface area contributed by atoms with Gasteiger partial charge in [-0.05, 0) is 74.3 Å². The number of amides is 2. The fraction of sp³-hybridized carbons (Fsp3) is 0.548. The van der Waals surface area contributed by atoms with Crippen LogP contribution in [0.1, 0.15) is 55.2 Å². The van der Waals surface area contributed by atoms with Crippen molar-refractivity contribution in [3.05, 3.63) is 65.2 Å². The van der Waals surface area contributed by atoms with E-state index in [1.165, 1.54) is 18.2 Å². The lowest BCUT2D eigenvalue weighted by Crippen LogP contribution is -2.59. The first-order chi connectivity index (χ1) is 18.9. The molecular weight excluding hydrogens is 492 g/mol. The van der Waals surface area contributed by atoms with Gasteiger partial charge in [-0.3, -0.25) is 14.5 Å². The number of hydrogen-bond acceptors (Lipinski definition) is 6. The number of ether oxygens (including phenoxy) is 2. The molecule has 8 heteroatoms. The number of piperidine rings is 1. The Balaban J connectivity index is 1.57. The van der Waals surface area contributed by atoms with E-state index in [1.807, 2.05) is 12.1 Å². The van der Waals surface area contributed by atoms with Gasteiger partial charge in [0.1, 0.15) is 18.4 Å². The number of aryl methyl sites for hydroxylation is 1. The predicted octanol–water partition coefficient (Wildman–Crippen LogP) is 3.40. The third kappa shape index (κ3) is 7.81. The normalized spacial score (nSPS) is 23.5. The minimum atomic E-state index is -0.535. The Morgan fingerprint density at radius 1 is 1.03 bits per heavy atom. The van der Waals surface area contributed by atoms with Gasteiger partial charge in [0.15, 0.2) is 0 Å². The summed E-state index contributed by atoms with van der Waals surface area (Å²) >= 11 is 0. The van der Waals surface area contributed by atoms with E-state index in [-0.39, 0.29) is 36.5 Å². The van der Waals surface area contributed by atoms with Gasteiger partial charge < -0.3 is 25.4 Å². The van der Waals surface area contributed by atoms with E-state index in [0.29, 0.717) is 13.0 Å². The molecule has 1 saturated heterocycles. The second kappa shape index (κ2) is 13.9. The molecule has 1 unspecified atom stereocenters. The van der Waals surface area contributed by atoms with Crippen molar-refractivity contribution in [3.63, 3.8) is 0 Å². The van der Waals surface area contributed by atoms with Gasteiger partial charge in [0.25, 0.3) is 0 Å². The number of benzene rings is 2. The molecule has 2 aromatic rings. The summed E-state index contributed by atoms with van der Waals surface area (Å²) in [5.41, 5.74) is 9.74. The van der Waals surface area contributed by atoms with Crippen molar-refractivity contribution in [2.24, 2.45) is 5.73 Å². The van der Waals surface area contributed by atoms with Gasteiger partial charge in [0.2, 0.25) is 11.8 Å². The average molecular weight is 537 g/mol. The average Bonchev–Trinajstić information content (AvgIpc) is 2.95. The number of hydrogen-bond donors (Lipinski definition) is 2. The maximum absolute atomic E-state index is 13.7. The quantitative estimate of drug-likeness (QED) is 0.483. The van der Waals surface area contributed by atoms with Gasteiger partial charge in [-0.25, -0.2) is 0 Å². The second-order valence-corrected chi connectivity index (χ2v) is 11.0. The molecule has 0 spiro atoms. The fourth-order valence-electron chi connectivity index (χ4n) is 5.92. The Kier molecular flexibility index (Phi) is 10.4. The van der Waals surface area contributed by atoms with Crippen LogP contribution in [0.25, 0.3) is 0 Å². The van der Waals surface area contributed by atoms with Crippen molar-refractivity contribution in [2.45, 2.75) is 82.7 Å². The van der Waals surface area contributed by atoms with Crippen LogP contribution in [0.15, 0.2) is 48.5 Å². The molecule has 2 amide bonds. The van der Waals surface area contributed by atoms with E-state index in [4.69, 9.17) is 15.2 Å². The Labute approximate surface area is 232 Å². The third-order valence-corrected chi connectivity index (χ3v) is 8.25. The van der Waals surface area contributed by atoms with E-state index >= 15 is 0 Å². The zero-order valence-corrected chi connectivity index (χ0v) is 23.6. The maximum atomic E-state index is 13.7. The van der Waals surface area contributed by atoms with E-state index in [1.54, 1.807) is 12.0 Å². The van der Waals surface area contributed by atoms with Crippen LogP contribution in [-0.4, -0.2) is 73.2 Å². The number of methoxy groups -OCH3 is 2. The summed E-state index contributed by atoms with van der Waals surface area (Å²) in [6.07, 6.45) is 4.94. The first-order valence-corrected chi connectivity index (χ1v) is 14.1. The lowest BCUT2D eigenvalue weighted by Gasteiger charge is -2.43. The Morgan fingerprint density at radius 2 is 1.79 bits per heavy atom. The highest BCUT2D eigenvalue weighted by Crippen LogP contribution is 2.28. The van der Waals surface area contributed by atoms with Crippen molar-refractivity contribution < 1.29 is 19.1 Å². The first-order valence-electron chi connectivity index (χ1n) is 14.1. The number of nitrogens with one attached hydrogen (secondary N) is 1. The summed E-state index contributed by atoms with van der Waals surface area (Å²) in [6, 6.07) is 16.5. The minimum Gasteiger partial charge on any atom is -0.497 e. The Bertz CT molecular complexity index is 1100. The molecule has 0 aromatic heterocycles. The topological polar surface area (TPSA) is 97.1 Å². The van der Waals surface area contributed by atoms with Crippen LogP contribution in [0, 0.1) is 6.92 Å². The van der Waals surface area contributed by atoms with Crippen LogP contribution in [0.2, 0.25) is 0 Å². The molecule has 0 bridgehead atoms. The summed E-state index contributed by atoms with van der Waals surface area (Å²) in [7, 11) is 3.20. The van der Waals surface area contributed by atoms with Crippen molar-refractivity contribution in [2.75, 3.05) is 27.4 Å². The zero-order chi connectivity index (χ0) is 27.8. The molecule has 1 heterocycles. The van der Waals surface area contributed by atoms with Crippen LogP contribution in [0.4, 0.5) is 0 Å². The molecule has 0 radical (unpaired) electrons. The molecule has 39 heavy (non-hydrogen) atoms. The molecule has 4 rings (SSSR count). The Hall–Kier alpha value is -2.94. The zero-order valence-electron chi connectivity index (χ0n) is 23.6. The van der Waals surface area contributed by atoms with Gasteiger partial charge in [-0.1, -0.05) is 36.4 Å². The summed E-state index contributed by atoms with van der Waals surface area (Å²) < 4.78 is 10.6. The number of nitrogens with zero attached hydrogens (tertiary/aromatic N) is 2. The van der Waals surface area contributed by atoms with Crippen LogP contribution in [-0.2, 0) is 27.4 Å². The van der Waals surface area contributed by atoms with Crippen molar-refractivity contribution >= 4 is 11.8 Å². The minimum absolute atomic E-state index is 0.0243. The number of nitrogens with two attached hydrogens (primary N) is 1. The smallest absolute Gasteiger partial charge is 0.249 e. The van der Waals surface area contributed by atoms with Gasteiger partial charge in [0.05, 0.1) is 7.11 Å². The fourth-order valence-corrected chi connectivity index (χ4v) is 5.92. The van der Waals surface area contributed by atoms with Gasteiger partial charge in [0, 0.05) is 44.9 Å². The molecule has 212 valence electrons. The van der Waals surface area contributed by atoms with Gasteiger partial charge in [-0.2, -0.15) is 0 Å². The summed E-state index contributed by atoms with van der Waals surface area (Å²) in [5.74, 6) is 0.620. The molecule has 8 nitrogen and oxygen atoms in total. The lowest BCUT2D eigenvalue weighted by atomic mass is 9.90. The maximum Gasteiger partial charge on any atom is 0.249 e. The molecule has 3 N–H and O–H groups in total. The SMILES string of the molecule is COCC(=O)N1CCC(N(Cc2cccc(OC)c2)Cc2ccccc2C)C[C@@H]1C(=O)NC1CCC(N)CC1. The third-order valence-electron chi connectivity index (χ3n) is 8.25. The summed E-state index contributed by atoms with van der Waals surface area (Å²) in [5, 5.41) is 3.25. The van der Waals surface area contributed by atoms with Crippen LogP contribution >= 0.6 is 0 Å². The van der Waals surface area contributed by atoms with E-state index in [0.717, 1.165) is 56.5 Å². The number of carbonyl (C=O) groups excluding carboxylic acids is 2. The highest BCUT2D eigenvalue weighted by molar-refractivity contribution is 5.88. The van der Waals surface area contributed by atoms with Crippen LogP contribution in [0.3, 0.4) is 0 Å². The summed E-state index contributed by atoms with van der Waals surface area (Å²) in [4.78, 5) is 30.9. The van der Waals surface area contributed by atoms with Crippen LogP contribution < -0.4 is 15.8 Å². The molecule has 2 atom stereocenters. The molecule has 1 aliphatic carbocycles. The summed E-state index contributed by atoms with van der Waals surface area (Å²) in [6.45, 7) is 4.11. The van der Waals surface area contributed by atoms with E-state index in [9.17, 15) is 9.59 Å². The molecule has 2 fully saturated rings. The van der Waals surface area contributed by atoms with Crippen LogP contribution in [0.5, 0.6) is 5.75 Å². The standard InChI is InChI=1S/C31H44N4O4/c1-22-7-4-5-9-24(22)20-34(19-23-8-6-10-28(17-23)39-3)27-15-16-35(30(36)21-38-2)29(18-27)31(37)33-26-13-11-25(32)12-14-26/h4-10,17,25-27,29H,11-16,18-21,32H2,1-3H3,(H,33,37)/t25?,26?,27?,29-/m1/s1. The highest BCUT2D eigenvalue weighted by Gasteiger charge is 2.39. The predicted molar refractivity (Wildman–Crippen MR) is 152 cm³/mol. The monoisotopic (exact) mass is 536 g/mol. The Morgan fingerprint density at radius 3 is 2.51 bits per heavy atom. The highest BCUT2D eigenvalue weighted by atomic mass is 16.5. The largest absolute Gasteiger partial charge is 0.497 e. The lowest BCUT2D eigenvalue weighted by molar-refractivity contribution is -0.147. The van der Waals surface area contributed by atoms with E-state index in [2.05, 4.69) is 53.5 Å². The van der Waals surface area contributed by atoms with E-state index < -0.39 is 6.04 Å².